The summed E-state index contributed by atoms with van der Waals surface area (Å²) in [6.45, 7) is 6.07. The van der Waals surface area contributed by atoms with Crippen LogP contribution in [0.4, 0.5) is 0 Å². The molecule has 0 aromatic rings. The fourth-order valence-electron chi connectivity index (χ4n) is 1.12. The van der Waals surface area contributed by atoms with Crippen LogP contribution in [0.3, 0.4) is 0 Å². The smallest absolute Gasteiger partial charge is 0.0469 e. The van der Waals surface area contributed by atoms with E-state index < -0.39 is 0 Å². The fraction of sp³-hybridized carbons (Fsp3) is 0.714. The second-order valence-electron chi connectivity index (χ2n) is 2.40. The van der Waals surface area contributed by atoms with E-state index in [1.54, 1.807) is 0 Å². The number of rotatable bonds is 2. The van der Waals surface area contributed by atoms with E-state index in [9.17, 15) is 0 Å². The number of hydrogen-bond acceptors (Lipinski definition) is 2. The van der Waals surface area contributed by atoms with Crippen LogP contribution in [0.1, 0.15) is 6.42 Å². The molecule has 1 heterocycles. The molecule has 1 aliphatic rings. The van der Waals surface area contributed by atoms with E-state index in [1.807, 2.05) is 11.8 Å². The molecule has 0 aromatic heterocycles. The van der Waals surface area contributed by atoms with E-state index in [-0.39, 0.29) is 0 Å². The molecule has 1 atom stereocenters. The van der Waals surface area contributed by atoms with Crippen LogP contribution in [0.15, 0.2) is 12.7 Å². The lowest BCUT2D eigenvalue weighted by molar-refractivity contribution is 0.790. The van der Waals surface area contributed by atoms with Crippen molar-refractivity contribution in [1.82, 2.24) is 5.32 Å². The Hall–Kier alpha value is 0.0500. The normalized spacial score (nSPS) is 34.8. The lowest BCUT2D eigenvalue weighted by Gasteiger charge is -2.19. The minimum atomic E-state index is 0.347. The van der Waals surface area contributed by atoms with Crippen LogP contribution in [-0.4, -0.2) is 24.1 Å². The molecule has 1 aliphatic heterocycles. The maximum atomic E-state index is 3.82. The highest BCUT2D eigenvalue weighted by Gasteiger charge is 2.28. The van der Waals surface area contributed by atoms with Crippen LogP contribution in [0.25, 0.3) is 0 Å². The molecule has 1 N–H and O–H groups in total. The van der Waals surface area contributed by atoms with Crippen molar-refractivity contribution in [1.29, 1.82) is 0 Å². The Bertz CT molecular complexity index is 105. The molecule has 2 heteroatoms. The number of thioether (sulfide) groups is 1. The van der Waals surface area contributed by atoms with E-state index in [0.29, 0.717) is 4.75 Å². The van der Waals surface area contributed by atoms with Crippen molar-refractivity contribution in [2.75, 3.05) is 19.3 Å². The van der Waals surface area contributed by atoms with Gasteiger partial charge >= 0.3 is 0 Å². The first-order valence-electron chi connectivity index (χ1n) is 3.22. The third kappa shape index (κ3) is 1.30. The van der Waals surface area contributed by atoms with Gasteiger partial charge in [-0.2, -0.15) is 11.8 Å². The van der Waals surface area contributed by atoms with Crippen LogP contribution < -0.4 is 5.32 Å². The van der Waals surface area contributed by atoms with Crippen molar-refractivity contribution >= 4 is 11.8 Å². The number of nitrogens with one attached hydrogen (secondary N) is 1. The molecule has 0 radical (unpaired) electrons. The zero-order chi connectivity index (χ0) is 6.74. The molecule has 1 saturated heterocycles. The Morgan fingerprint density at radius 3 is 2.78 bits per heavy atom. The predicted octanol–water partition coefficient (Wildman–Crippen LogP) is 1.27. The molecule has 1 rings (SSSR count). The Kier molecular flexibility index (Phi) is 2.19. The first-order valence-corrected chi connectivity index (χ1v) is 4.45. The van der Waals surface area contributed by atoms with Gasteiger partial charge in [-0.25, -0.2) is 0 Å². The van der Waals surface area contributed by atoms with E-state index in [1.165, 1.54) is 6.42 Å². The van der Waals surface area contributed by atoms with Crippen molar-refractivity contribution < 1.29 is 0 Å². The highest BCUT2D eigenvalue weighted by atomic mass is 32.2. The van der Waals surface area contributed by atoms with Gasteiger partial charge in [0.15, 0.2) is 0 Å². The zero-order valence-electron chi connectivity index (χ0n) is 5.81. The van der Waals surface area contributed by atoms with E-state index in [0.717, 1.165) is 13.1 Å². The van der Waals surface area contributed by atoms with Crippen LogP contribution in [0, 0.1) is 0 Å². The highest BCUT2D eigenvalue weighted by molar-refractivity contribution is 8.00. The number of hydrogen-bond donors (Lipinski definition) is 1. The summed E-state index contributed by atoms with van der Waals surface area (Å²) in [6, 6.07) is 0. The molecule has 52 valence electrons. The van der Waals surface area contributed by atoms with Crippen LogP contribution in [0.5, 0.6) is 0 Å². The van der Waals surface area contributed by atoms with Gasteiger partial charge in [-0.1, -0.05) is 6.08 Å². The van der Waals surface area contributed by atoms with Gasteiger partial charge in [-0.05, 0) is 19.2 Å². The van der Waals surface area contributed by atoms with Gasteiger partial charge in [-0.3, -0.25) is 0 Å². The van der Waals surface area contributed by atoms with E-state index in [4.69, 9.17) is 0 Å². The largest absolute Gasteiger partial charge is 0.315 e. The molecule has 1 unspecified atom stereocenters. The quantitative estimate of drug-likeness (QED) is 0.584. The molecule has 1 fully saturated rings. The zero-order valence-corrected chi connectivity index (χ0v) is 6.63. The van der Waals surface area contributed by atoms with Crippen molar-refractivity contribution in [2.24, 2.45) is 0 Å². The second kappa shape index (κ2) is 2.76. The summed E-state index contributed by atoms with van der Waals surface area (Å²) < 4.78 is 0.347. The van der Waals surface area contributed by atoms with Gasteiger partial charge in [0.2, 0.25) is 0 Å². The van der Waals surface area contributed by atoms with Crippen molar-refractivity contribution in [3.63, 3.8) is 0 Å². The lowest BCUT2D eigenvalue weighted by atomic mass is 10.1. The topological polar surface area (TPSA) is 12.0 Å². The van der Waals surface area contributed by atoms with Crippen LogP contribution >= 0.6 is 11.8 Å². The van der Waals surface area contributed by atoms with Gasteiger partial charge in [0.25, 0.3) is 0 Å². The standard InChI is InChI=1S/C7H13NS/c1-3-7(9-2)4-5-8-6-7/h3,8H,1,4-6H2,2H3. The summed E-state index contributed by atoms with van der Waals surface area (Å²) in [7, 11) is 0. The van der Waals surface area contributed by atoms with Crippen LogP contribution in [-0.2, 0) is 0 Å². The molecular formula is C7H13NS. The molecule has 1 nitrogen and oxygen atoms in total. The Labute approximate surface area is 60.9 Å². The molecule has 0 aliphatic carbocycles. The molecule has 0 aromatic carbocycles. The molecule has 0 bridgehead atoms. The van der Waals surface area contributed by atoms with Crippen molar-refractivity contribution in [2.45, 2.75) is 11.2 Å². The maximum absolute atomic E-state index is 3.82. The van der Waals surface area contributed by atoms with E-state index in [2.05, 4.69) is 24.2 Å². The molecule has 0 saturated carbocycles. The summed E-state index contributed by atoms with van der Waals surface area (Å²) in [5.41, 5.74) is 0. The Morgan fingerprint density at radius 1 is 1.78 bits per heavy atom. The Morgan fingerprint density at radius 2 is 2.56 bits per heavy atom. The maximum Gasteiger partial charge on any atom is 0.0469 e. The predicted molar refractivity (Wildman–Crippen MR) is 43.9 cm³/mol. The summed E-state index contributed by atoms with van der Waals surface area (Å²) >= 11 is 1.90. The average Bonchev–Trinajstić information content (AvgIpc) is 2.36. The van der Waals surface area contributed by atoms with Gasteiger partial charge in [0.1, 0.15) is 0 Å². The average molecular weight is 143 g/mol. The SMILES string of the molecule is C=CC1(SC)CCNC1. The van der Waals surface area contributed by atoms with E-state index >= 15 is 0 Å². The summed E-state index contributed by atoms with van der Waals surface area (Å²) in [5.74, 6) is 0. The first kappa shape index (κ1) is 7.16. The molecular weight excluding hydrogens is 130 g/mol. The lowest BCUT2D eigenvalue weighted by Crippen LogP contribution is -2.23. The van der Waals surface area contributed by atoms with Gasteiger partial charge in [0, 0.05) is 11.3 Å². The third-order valence-corrected chi connectivity index (χ3v) is 3.26. The highest BCUT2D eigenvalue weighted by Crippen LogP contribution is 2.29. The molecule has 0 amide bonds. The summed E-state index contributed by atoms with van der Waals surface area (Å²) in [6.07, 6.45) is 5.45. The minimum Gasteiger partial charge on any atom is -0.315 e. The fourth-order valence-corrected chi connectivity index (χ4v) is 1.84. The Balaban J connectivity index is 2.55. The second-order valence-corrected chi connectivity index (χ2v) is 3.62. The first-order chi connectivity index (χ1) is 4.33. The van der Waals surface area contributed by atoms with Crippen LogP contribution in [0.2, 0.25) is 0 Å². The molecule has 9 heavy (non-hydrogen) atoms. The summed E-state index contributed by atoms with van der Waals surface area (Å²) in [5, 5.41) is 3.32. The summed E-state index contributed by atoms with van der Waals surface area (Å²) in [4.78, 5) is 0. The minimum absolute atomic E-state index is 0.347. The van der Waals surface area contributed by atoms with Crippen molar-refractivity contribution in [3.05, 3.63) is 12.7 Å². The third-order valence-electron chi connectivity index (χ3n) is 1.93. The van der Waals surface area contributed by atoms with Gasteiger partial charge in [0.05, 0.1) is 0 Å². The van der Waals surface area contributed by atoms with Gasteiger partial charge < -0.3 is 5.32 Å². The monoisotopic (exact) mass is 143 g/mol. The van der Waals surface area contributed by atoms with Gasteiger partial charge in [-0.15, -0.1) is 6.58 Å². The molecule has 0 spiro atoms. The van der Waals surface area contributed by atoms with Crippen molar-refractivity contribution in [3.8, 4) is 0 Å².